The average Bonchev–Trinajstić information content (AvgIpc) is 3.97. The third-order valence-electron chi connectivity index (χ3n) is 13.6. The summed E-state index contributed by atoms with van der Waals surface area (Å²) in [5.74, 6) is 0. The van der Waals surface area contributed by atoms with Gasteiger partial charge in [0.2, 0.25) is 0 Å². The molecule has 2 heterocycles. The van der Waals surface area contributed by atoms with Crippen LogP contribution in [-0.2, 0) is 0 Å². The molecule has 3 heteroatoms. The van der Waals surface area contributed by atoms with Gasteiger partial charge in [-0.25, -0.2) is 0 Å². The molecule has 0 unspecified atom stereocenters. The fourth-order valence-electron chi connectivity index (χ4n) is 10.2. The molecule has 0 aliphatic heterocycles. The van der Waals surface area contributed by atoms with E-state index in [1.165, 1.54) is 44.1 Å². The van der Waals surface area contributed by atoms with E-state index in [0.717, 1.165) is 78.1 Å². The van der Waals surface area contributed by atoms with Gasteiger partial charge in [-0.2, -0.15) is 0 Å². The molecule has 0 aliphatic carbocycles. The van der Waals surface area contributed by atoms with Gasteiger partial charge in [-0.1, -0.05) is 188 Å². The first kappa shape index (κ1) is 40.1. The first-order valence-corrected chi connectivity index (χ1v) is 23.6. The van der Waals surface area contributed by atoms with Crippen molar-refractivity contribution < 1.29 is 4.42 Å². The fraction of sp³-hybridized carbons (Fsp3) is 0. The minimum atomic E-state index is 0.885. The first-order valence-electron chi connectivity index (χ1n) is 23.6. The molecule has 0 saturated heterocycles. The molecule has 0 radical (unpaired) electrons. The summed E-state index contributed by atoms with van der Waals surface area (Å²) in [5.41, 5.74) is 20.1. The molecule has 0 saturated carbocycles. The van der Waals surface area contributed by atoms with Crippen LogP contribution >= 0.6 is 0 Å². The highest BCUT2D eigenvalue weighted by molar-refractivity contribution is 6.09. The standard InChI is InChI=1S/C66H44N2O/c1-2-15-45(16-3-1)46-31-33-48(34-32-46)57-23-4-8-27-62(57)67(55-21-13-20-52(42-55)53-37-40-61-60-26-7-11-30-65(60)69-66(61)44-53)54-38-35-47(36-39-54)49-17-12-18-50(41-49)51-19-14-22-56(43-51)68-63-28-9-5-24-58(63)59-25-6-10-29-64(59)68/h1-44H. The maximum atomic E-state index is 6.35. The lowest BCUT2D eigenvalue weighted by atomic mass is 9.97. The number of hydrogen-bond acceptors (Lipinski definition) is 2. The van der Waals surface area contributed by atoms with Gasteiger partial charge in [0, 0.05) is 44.2 Å². The lowest BCUT2D eigenvalue weighted by Gasteiger charge is -2.28. The summed E-state index contributed by atoms with van der Waals surface area (Å²) < 4.78 is 8.73. The van der Waals surface area contributed by atoms with E-state index in [4.69, 9.17) is 4.42 Å². The minimum Gasteiger partial charge on any atom is -0.456 e. The minimum absolute atomic E-state index is 0.885. The number of furan rings is 1. The summed E-state index contributed by atoms with van der Waals surface area (Å²) >= 11 is 0. The zero-order valence-electron chi connectivity index (χ0n) is 37.7. The number of anilines is 3. The van der Waals surface area contributed by atoms with Crippen molar-refractivity contribution in [3.8, 4) is 61.3 Å². The van der Waals surface area contributed by atoms with Gasteiger partial charge >= 0.3 is 0 Å². The molecular formula is C66H44N2O. The molecule has 0 fully saturated rings. The summed E-state index contributed by atoms with van der Waals surface area (Å²) in [7, 11) is 0. The molecule has 0 bridgehead atoms. The van der Waals surface area contributed by atoms with Crippen LogP contribution in [0, 0.1) is 0 Å². The third kappa shape index (κ3) is 7.25. The van der Waals surface area contributed by atoms with E-state index >= 15 is 0 Å². The van der Waals surface area contributed by atoms with E-state index in [1.807, 2.05) is 12.1 Å². The molecule has 0 N–H and O–H groups in total. The predicted molar refractivity (Wildman–Crippen MR) is 290 cm³/mol. The van der Waals surface area contributed by atoms with E-state index in [9.17, 15) is 0 Å². The van der Waals surface area contributed by atoms with Crippen molar-refractivity contribution in [2.24, 2.45) is 0 Å². The number of rotatable bonds is 9. The van der Waals surface area contributed by atoms with Crippen LogP contribution in [0.2, 0.25) is 0 Å². The Hall–Kier alpha value is -9.18. The van der Waals surface area contributed by atoms with Crippen molar-refractivity contribution in [1.29, 1.82) is 0 Å². The van der Waals surface area contributed by atoms with Crippen LogP contribution in [0.15, 0.2) is 271 Å². The Balaban J connectivity index is 0.883. The van der Waals surface area contributed by atoms with Crippen LogP contribution in [0.25, 0.3) is 105 Å². The van der Waals surface area contributed by atoms with Gasteiger partial charge in [-0.3, -0.25) is 0 Å². The summed E-state index contributed by atoms with van der Waals surface area (Å²) in [4.78, 5) is 2.39. The van der Waals surface area contributed by atoms with Gasteiger partial charge < -0.3 is 13.9 Å². The SMILES string of the molecule is c1ccc(-c2ccc(-c3ccccc3N(c3ccc(-c4cccc(-c5cccc(-n6c7ccccc7c7ccccc76)c5)c4)cc3)c3cccc(-c4ccc5c(c4)oc4ccccc45)c3)cc2)cc1. The van der Waals surface area contributed by atoms with E-state index < -0.39 is 0 Å². The van der Waals surface area contributed by atoms with Crippen molar-refractivity contribution in [2.75, 3.05) is 4.90 Å². The highest BCUT2D eigenvalue weighted by Crippen LogP contribution is 2.44. The fourth-order valence-corrected chi connectivity index (χ4v) is 10.2. The van der Waals surface area contributed by atoms with Crippen LogP contribution in [-0.4, -0.2) is 4.57 Å². The van der Waals surface area contributed by atoms with Crippen molar-refractivity contribution in [3.05, 3.63) is 267 Å². The van der Waals surface area contributed by atoms with Crippen LogP contribution in [0.3, 0.4) is 0 Å². The van der Waals surface area contributed by atoms with Crippen LogP contribution < -0.4 is 4.90 Å². The largest absolute Gasteiger partial charge is 0.456 e. The van der Waals surface area contributed by atoms with Gasteiger partial charge in [-0.15, -0.1) is 0 Å². The van der Waals surface area contributed by atoms with E-state index in [0.29, 0.717) is 0 Å². The maximum Gasteiger partial charge on any atom is 0.136 e. The summed E-state index contributed by atoms with van der Waals surface area (Å²) in [6.07, 6.45) is 0. The van der Waals surface area contributed by atoms with Crippen LogP contribution in [0.4, 0.5) is 17.1 Å². The molecule has 13 aromatic rings. The Kier molecular flexibility index (Phi) is 9.84. The van der Waals surface area contributed by atoms with Gasteiger partial charge in [-0.05, 0) is 129 Å². The average molecular weight is 881 g/mol. The highest BCUT2D eigenvalue weighted by Gasteiger charge is 2.19. The summed E-state index contributed by atoms with van der Waals surface area (Å²) in [5, 5.41) is 4.78. The predicted octanol–water partition coefficient (Wildman–Crippen LogP) is 18.5. The highest BCUT2D eigenvalue weighted by atomic mass is 16.3. The second kappa shape index (κ2) is 16.9. The number of benzene rings is 11. The Morgan fingerprint density at radius 2 is 0.768 bits per heavy atom. The molecule has 69 heavy (non-hydrogen) atoms. The van der Waals surface area contributed by atoms with Crippen LogP contribution in [0.5, 0.6) is 0 Å². The number of nitrogens with zero attached hydrogens (tertiary/aromatic N) is 2. The molecule has 0 aliphatic rings. The zero-order chi connectivity index (χ0) is 45.7. The second-order valence-electron chi connectivity index (χ2n) is 17.7. The Labute approximate surface area is 401 Å². The molecule has 3 nitrogen and oxygen atoms in total. The van der Waals surface area contributed by atoms with Gasteiger partial charge in [0.15, 0.2) is 0 Å². The van der Waals surface area contributed by atoms with Crippen LogP contribution in [0.1, 0.15) is 0 Å². The molecule has 11 aromatic carbocycles. The lowest BCUT2D eigenvalue weighted by molar-refractivity contribution is 0.669. The molecule has 13 rings (SSSR count). The summed E-state index contributed by atoms with van der Waals surface area (Å²) in [6, 6.07) is 96.1. The molecule has 2 aromatic heterocycles. The van der Waals surface area contributed by atoms with E-state index in [2.05, 4.69) is 264 Å². The Morgan fingerprint density at radius 1 is 0.275 bits per heavy atom. The normalized spacial score (nSPS) is 11.5. The number of aromatic nitrogens is 1. The van der Waals surface area contributed by atoms with Crippen molar-refractivity contribution in [2.45, 2.75) is 0 Å². The van der Waals surface area contributed by atoms with E-state index in [1.54, 1.807) is 0 Å². The lowest BCUT2D eigenvalue weighted by Crippen LogP contribution is -2.11. The molecular weight excluding hydrogens is 837 g/mol. The topological polar surface area (TPSA) is 21.3 Å². The van der Waals surface area contributed by atoms with Crippen molar-refractivity contribution in [1.82, 2.24) is 4.57 Å². The van der Waals surface area contributed by atoms with Gasteiger partial charge in [0.25, 0.3) is 0 Å². The smallest absolute Gasteiger partial charge is 0.136 e. The van der Waals surface area contributed by atoms with Crippen molar-refractivity contribution in [3.63, 3.8) is 0 Å². The second-order valence-corrected chi connectivity index (χ2v) is 17.7. The Morgan fingerprint density at radius 3 is 1.54 bits per heavy atom. The molecule has 324 valence electrons. The Bertz CT molecular complexity index is 3960. The number of para-hydroxylation sites is 4. The molecule has 0 amide bonds. The summed E-state index contributed by atoms with van der Waals surface area (Å²) in [6.45, 7) is 0. The zero-order valence-corrected chi connectivity index (χ0v) is 37.7. The first-order chi connectivity index (χ1) is 34.2. The third-order valence-corrected chi connectivity index (χ3v) is 13.6. The quantitative estimate of drug-likeness (QED) is 0.144. The van der Waals surface area contributed by atoms with E-state index in [-0.39, 0.29) is 0 Å². The molecule has 0 spiro atoms. The number of fused-ring (bicyclic) bond motifs is 6. The van der Waals surface area contributed by atoms with Crippen molar-refractivity contribution >= 4 is 60.8 Å². The van der Waals surface area contributed by atoms with Gasteiger partial charge in [0.1, 0.15) is 11.2 Å². The maximum absolute atomic E-state index is 6.35. The number of hydrogen-bond donors (Lipinski definition) is 0. The molecule has 0 atom stereocenters. The van der Waals surface area contributed by atoms with Gasteiger partial charge in [0.05, 0.1) is 16.7 Å². The monoisotopic (exact) mass is 880 g/mol.